The molecule has 0 fully saturated rings. The smallest absolute Gasteiger partial charge is 0.168 e. The molecule has 0 unspecified atom stereocenters. The molecular weight excluding hydrogens is 238 g/mol. The van der Waals surface area contributed by atoms with E-state index in [2.05, 4.69) is 24.4 Å². The topological polar surface area (TPSA) is 30.5 Å². The van der Waals surface area contributed by atoms with Crippen LogP contribution in [0.25, 0.3) is 6.08 Å². The van der Waals surface area contributed by atoms with E-state index in [0.717, 1.165) is 30.0 Å². The third-order valence-electron chi connectivity index (χ3n) is 2.80. The summed E-state index contributed by atoms with van der Waals surface area (Å²) in [5.74, 6) is 1.60. The lowest BCUT2D eigenvalue weighted by atomic mass is 10.1. The Hall–Kier alpha value is -1.48. The van der Waals surface area contributed by atoms with Crippen molar-refractivity contribution in [1.82, 2.24) is 5.32 Å². The summed E-state index contributed by atoms with van der Waals surface area (Å²) in [5.41, 5.74) is 2.41. The predicted octanol–water partition coefficient (Wildman–Crippen LogP) is 3.50. The van der Waals surface area contributed by atoms with Gasteiger partial charge in [-0.25, -0.2) is 0 Å². The van der Waals surface area contributed by atoms with Crippen molar-refractivity contribution in [1.29, 1.82) is 0 Å². The van der Waals surface area contributed by atoms with Crippen molar-refractivity contribution in [2.75, 3.05) is 20.7 Å². The van der Waals surface area contributed by atoms with Gasteiger partial charge in [-0.05, 0) is 33.4 Å². The number of benzene rings is 1. The van der Waals surface area contributed by atoms with Crippen LogP contribution in [0.5, 0.6) is 11.5 Å². The quantitative estimate of drug-likeness (QED) is 0.816. The maximum Gasteiger partial charge on any atom is 0.168 e. The van der Waals surface area contributed by atoms with Gasteiger partial charge in [-0.2, -0.15) is 0 Å². The number of ether oxygens (including phenoxy) is 2. The molecule has 1 N–H and O–H groups in total. The van der Waals surface area contributed by atoms with Gasteiger partial charge in [0.25, 0.3) is 0 Å². The van der Waals surface area contributed by atoms with Crippen LogP contribution >= 0.6 is 0 Å². The van der Waals surface area contributed by atoms with E-state index < -0.39 is 0 Å². The summed E-state index contributed by atoms with van der Waals surface area (Å²) >= 11 is 0. The van der Waals surface area contributed by atoms with Crippen molar-refractivity contribution in [3.63, 3.8) is 0 Å². The molecule has 0 saturated carbocycles. The van der Waals surface area contributed by atoms with E-state index in [1.807, 2.05) is 33.0 Å². The third kappa shape index (κ3) is 4.60. The fourth-order valence-electron chi connectivity index (χ4n) is 1.89. The standard InChI is InChI=1S/C16H25NO2/c1-6-13(11-17-4)10-14-8-7-9-15(18-5)16(14)19-12(2)3/h7-10,12,17H,6,11H2,1-5H3. The number of hydrogen-bond donors (Lipinski definition) is 1. The summed E-state index contributed by atoms with van der Waals surface area (Å²) in [7, 11) is 3.63. The summed E-state index contributed by atoms with van der Waals surface area (Å²) in [4.78, 5) is 0. The number of hydrogen-bond acceptors (Lipinski definition) is 3. The Bertz CT molecular complexity index is 425. The molecule has 0 heterocycles. The van der Waals surface area contributed by atoms with Crippen molar-refractivity contribution in [2.24, 2.45) is 0 Å². The van der Waals surface area contributed by atoms with E-state index in [-0.39, 0.29) is 6.10 Å². The molecule has 0 bridgehead atoms. The van der Waals surface area contributed by atoms with Crippen LogP contribution in [0.2, 0.25) is 0 Å². The Balaban J connectivity index is 3.17. The molecule has 0 atom stereocenters. The highest BCUT2D eigenvalue weighted by atomic mass is 16.5. The number of rotatable bonds is 7. The van der Waals surface area contributed by atoms with Crippen molar-refractivity contribution >= 4 is 6.08 Å². The van der Waals surface area contributed by atoms with Gasteiger partial charge in [-0.15, -0.1) is 0 Å². The van der Waals surface area contributed by atoms with E-state index in [1.54, 1.807) is 7.11 Å². The molecule has 0 aromatic heterocycles. The second-order valence-electron chi connectivity index (χ2n) is 4.73. The molecule has 1 aromatic carbocycles. The Kier molecular flexibility index (Phi) is 6.43. The van der Waals surface area contributed by atoms with E-state index >= 15 is 0 Å². The molecule has 19 heavy (non-hydrogen) atoms. The normalized spacial score (nSPS) is 11.8. The number of nitrogens with one attached hydrogen (secondary N) is 1. The maximum absolute atomic E-state index is 5.90. The minimum atomic E-state index is 0.123. The van der Waals surface area contributed by atoms with Crippen LogP contribution in [0, 0.1) is 0 Å². The minimum absolute atomic E-state index is 0.123. The summed E-state index contributed by atoms with van der Waals surface area (Å²) in [6.07, 6.45) is 3.31. The van der Waals surface area contributed by atoms with Gasteiger partial charge in [0.2, 0.25) is 0 Å². The molecule has 0 radical (unpaired) electrons. The molecule has 0 aliphatic heterocycles. The average Bonchev–Trinajstić information content (AvgIpc) is 2.39. The second kappa shape index (κ2) is 7.85. The lowest BCUT2D eigenvalue weighted by Gasteiger charge is -2.16. The number of para-hydroxylation sites is 1. The molecule has 0 saturated heterocycles. The first-order valence-electron chi connectivity index (χ1n) is 6.80. The van der Waals surface area contributed by atoms with E-state index in [0.29, 0.717) is 0 Å². The summed E-state index contributed by atoms with van der Waals surface area (Å²) in [5, 5.41) is 3.19. The van der Waals surface area contributed by atoms with Crippen LogP contribution in [0.1, 0.15) is 32.8 Å². The van der Waals surface area contributed by atoms with Gasteiger partial charge >= 0.3 is 0 Å². The van der Waals surface area contributed by atoms with Gasteiger partial charge in [-0.1, -0.05) is 30.7 Å². The third-order valence-corrected chi connectivity index (χ3v) is 2.80. The van der Waals surface area contributed by atoms with E-state index in [9.17, 15) is 0 Å². The molecule has 3 nitrogen and oxygen atoms in total. The molecule has 0 aliphatic carbocycles. The molecule has 0 amide bonds. The highest BCUT2D eigenvalue weighted by Gasteiger charge is 2.11. The van der Waals surface area contributed by atoms with Crippen molar-refractivity contribution in [3.05, 3.63) is 29.3 Å². The molecule has 1 aromatic rings. The highest BCUT2D eigenvalue weighted by molar-refractivity contribution is 5.64. The molecule has 1 rings (SSSR count). The highest BCUT2D eigenvalue weighted by Crippen LogP contribution is 2.33. The van der Waals surface area contributed by atoms with Crippen molar-refractivity contribution in [2.45, 2.75) is 33.3 Å². The largest absolute Gasteiger partial charge is 0.493 e. The zero-order valence-electron chi connectivity index (χ0n) is 12.6. The Morgan fingerprint density at radius 2 is 2.11 bits per heavy atom. The van der Waals surface area contributed by atoms with Crippen molar-refractivity contribution in [3.8, 4) is 11.5 Å². The Morgan fingerprint density at radius 1 is 1.37 bits per heavy atom. The molecule has 0 spiro atoms. The second-order valence-corrected chi connectivity index (χ2v) is 4.73. The SMILES string of the molecule is CCC(=Cc1cccc(OC)c1OC(C)C)CNC. The molecular formula is C16H25NO2. The first kappa shape index (κ1) is 15.6. The van der Waals surface area contributed by atoms with Crippen LogP contribution in [-0.2, 0) is 0 Å². The van der Waals surface area contributed by atoms with Gasteiger partial charge in [0.15, 0.2) is 11.5 Å². The lowest BCUT2D eigenvalue weighted by molar-refractivity contribution is 0.229. The van der Waals surface area contributed by atoms with E-state index in [1.165, 1.54) is 5.57 Å². The first-order valence-corrected chi connectivity index (χ1v) is 6.80. The van der Waals surface area contributed by atoms with Gasteiger partial charge in [-0.3, -0.25) is 0 Å². The monoisotopic (exact) mass is 263 g/mol. The van der Waals surface area contributed by atoms with Crippen LogP contribution in [-0.4, -0.2) is 26.8 Å². The Morgan fingerprint density at radius 3 is 2.63 bits per heavy atom. The fraction of sp³-hybridized carbons (Fsp3) is 0.500. The van der Waals surface area contributed by atoms with Crippen LogP contribution in [0.3, 0.4) is 0 Å². The minimum Gasteiger partial charge on any atom is -0.493 e. The van der Waals surface area contributed by atoms with Crippen molar-refractivity contribution < 1.29 is 9.47 Å². The predicted molar refractivity (Wildman–Crippen MR) is 81.0 cm³/mol. The average molecular weight is 263 g/mol. The fourth-order valence-corrected chi connectivity index (χ4v) is 1.89. The van der Waals surface area contributed by atoms with E-state index in [4.69, 9.17) is 9.47 Å². The summed E-state index contributed by atoms with van der Waals surface area (Å²) < 4.78 is 11.3. The summed E-state index contributed by atoms with van der Waals surface area (Å²) in [6, 6.07) is 5.98. The maximum atomic E-state index is 5.90. The lowest BCUT2D eigenvalue weighted by Crippen LogP contribution is -2.10. The van der Waals surface area contributed by atoms with Gasteiger partial charge in [0, 0.05) is 12.1 Å². The molecule has 3 heteroatoms. The molecule has 0 aliphatic rings. The summed E-state index contributed by atoms with van der Waals surface area (Å²) in [6.45, 7) is 7.09. The van der Waals surface area contributed by atoms with Gasteiger partial charge in [0.05, 0.1) is 13.2 Å². The first-order chi connectivity index (χ1) is 9.12. The van der Waals surface area contributed by atoms with Gasteiger partial charge in [0.1, 0.15) is 0 Å². The van der Waals surface area contributed by atoms with Crippen LogP contribution < -0.4 is 14.8 Å². The Labute approximate surface area is 116 Å². The van der Waals surface area contributed by atoms with Crippen LogP contribution in [0.4, 0.5) is 0 Å². The van der Waals surface area contributed by atoms with Crippen LogP contribution in [0.15, 0.2) is 23.8 Å². The zero-order valence-corrected chi connectivity index (χ0v) is 12.6. The molecule has 106 valence electrons. The number of likely N-dealkylation sites (N-methyl/N-ethyl adjacent to an activating group) is 1. The zero-order chi connectivity index (χ0) is 14.3. The van der Waals surface area contributed by atoms with Gasteiger partial charge < -0.3 is 14.8 Å². The number of methoxy groups -OCH3 is 1.